The number of carbonyl (C=O) groups is 1. The third-order valence-electron chi connectivity index (χ3n) is 3.25. The van der Waals surface area contributed by atoms with Gasteiger partial charge in [-0.3, -0.25) is 0 Å². The first kappa shape index (κ1) is 16.1. The number of rotatable bonds is 3. The molecule has 2 rings (SSSR count). The average Bonchev–Trinajstić information content (AvgIpc) is 2.85. The number of hydrogen-bond donors (Lipinski definition) is 0. The van der Waals surface area contributed by atoms with Crippen LogP contribution < -0.4 is 4.74 Å². The van der Waals surface area contributed by atoms with E-state index in [-0.39, 0.29) is 6.09 Å². The van der Waals surface area contributed by atoms with E-state index in [1.807, 2.05) is 45.0 Å². The molecule has 21 heavy (non-hydrogen) atoms. The molecule has 116 valence electrons. The minimum absolute atomic E-state index is 0.231. The van der Waals surface area contributed by atoms with Crippen LogP contribution >= 0.6 is 15.9 Å². The molecule has 0 spiro atoms. The molecule has 4 nitrogen and oxygen atoms in total. The smallest absolute Gasteiger partial charge is 0.410 e. The first-order valence-electron chi connectivity index (χ1n) is 7.20. The predicted molar refractivity (Wildman–Crippen MR) is 85.6 cm³/mol. The highest BCUT2D eigenvalue weighted by Gasteiger charge is 2.30. The van der Waals surface area contributed by atoms with Gasteiger partial charge < -0.3 is 14.4 Å². The Balaban J connectivity index is 1.80. The van der Waals surface area contributed by atoms with Gasteiger partial charge in [-0.1, -0.05) is 12.1 Å². The van der Waals surface area contributed by atoms with E-state index in [0.29, 0.717) is 19.1 Å². The molecule has 5 heteroatoms. The van der Waals surface area contributed by atoms with Crippen LogP contribution in [-0.4, -0.2) is 36.3 Å². The maximum atomic E-state index is 12.0. The minimum Gasteiger partial charge on any atom is -0.492 e. The molecule has 1 unspecified atom stereocenters. The summed E-state index contributed by atoms with van der Waals surface area (Å²) in [5.74, 6) is 1.19. The fourth-order valence-electron chi connectivity index (χ4n) is 2.23. The molecular weight excluding hydrogens is 334 g/mol. The van der Waals surface area contributed by atoms with E-state index in [2.05, 4.69) is 15.9 Å². The van der Waals surface area contributed by atoms with E-state index in [1.165, 1.54) is 0 Å². The highest BCUT2D eigenvalue weighted by atomic mass is 79.9. The van der Waals surface area contributed by atoms with Crippen molar-refractivity contribution in [3.05, 3.63) is 28.7 Å². The van der Waals surface area contributed by atoms with Crippen LogP contribution in [0.15, 0.2) is 28.7 Å². The van der Waals surface area contributed by atoms with Crippen LogP contribution in [0.1, 0.15) is 27.2 Å². The largest absolute Gasteiger partial charge is 0.492 e. The van der Waals surface area contributed by atoms with Crippen LogP contribution in [0.3, 0.4) is 0 Å². The molecule has 0 bridgehead atoms. The fourth-order valence-corrected chi connectivity index (χ4v) is 2.63. The Morgan fingerprint density at radius 2 is 2.10 bits per heavy atom. The Bertz CT molecular complexity index is 499. The van der Waals surface area contributed by atoms with Crippen molar-refractivity contribution in [1.82, 2.24) is 4.90 Å². The number of carbonyl (C=O) groups excluding carboxylic acids is 1. The van der Waals surface area contributed by atoms with Gasteiger partial charge in [-0.15, -0.1) is 0 Å². The molecule has 1 heterocycles. The zero-order valence-corrected chi connectivity index (χ0v) is 14.4. The van der Waals surface area contributed by atoms with E-state index >= 15 is 0 Å². The summed E-state index contributed by atoms with van der Waals surface area (Å²) in [7, 11) is 0. The van der Waals surface area contributed by atoms with Crippen LogP contribution in [0.25, 0.3) is 0 Å². The maximum absolute atomic E-state index is 12.0. The van der Waals surface area contributed by atoms with Crippen molar-refractivity contribution in [2.75, 3.05) is 19.7 Å². The monoisotopic (exact) mass is 355 g/mol. The quantitative estimate of drug-likeness (QED) is 0.819. The minimum atomic E-state index is -0.444. The van der Waals surface area contributed by atoms with Gasteiger partial charge in [-0.2, -0.15) is 0 Å². The van der Waals surface area contributed by atoms with Gasteiger partial charge in [-0.05, 0) is 55.3 Å². The Kier molecular flexibility index (Phi) is 5.14. The summed E-state index contributed by atoms with van der Waals surface area (Å²) in [5, 5.41) is 0. The summed E-state index contributed by atoms with van der Waals surface area (Å²) in [4.78, 5) is 13.8. The van der Waals surface area contributed by atoms with E-state index in [1.54, 1.807) is 4.90 Å². The number of halogens is 1. The topological polar surface area (TPSA) is 38.8 Å². The number of likely N-dealkylation sites (tertiary alicyclic amines) is 1. The van der Waals surface area contributed by atoms with Crippen molar-refractivity contribution < 1.29 is 14.3 Å². The molecule has 1 aliphatic rings. The molecule has 1 fully saturated rings. The lowest BCUT2D eigenvalue weighted by molar-refractivity contribution is 0.0285. The number of nitrogens with zero attached hydrogens (tertiary/aromatic N) is 1. The zero-order valence-electron chi connectivity index (χ0n) is 12.8. The van der Waals surface area contributed by atoms with Crippen molar-refractivity contribution in [2.45, 2.75) is 32.8 Å². The Morgan fingerprint density at radius 1 is 1.38 bits per heavy atom. The number of benzene rings is 1. The second-order valence-electron chi connectivity index (χ2n) is 6.32. The second kappa shape index (κ2) is 6.69. The summed E-state index contributed by atoms with van der Waals surface area (Å²) in [5.41, 5.74) is -0.444. The van der Waals surface area contributed by atoms with E-state index in [4.69, 9.17) is 9.47 Å². The van der Waals surface area contributed by atoms with Crippen LogP contribution in [-0.2, 0) is 4.74 Å². The Labute approximate surface area is 134 Å². The van der Waals surface area contributed by atoms with Gasteiger partial charge in [0.15, 0.2) is 0 Å². The first-order valence-corrected chi connectivity index (χ1v) is 8.00. The van der Waals surface area contributed by atoms with Crippen molar-refractivity contribution >= 4 is 22.0 Å². The summed E-state index contributed by atoms with van der Waals surface area (Å²) in [6, 6.07) is 7.79. The highest BCUT2D eigenvalue weighted by molar-refractivity contribution is 9.10. The Hall–Kier alpha value is -1.23. The molecule has 0 aliphatic carbocycles. The summed E-state index contributed by atoms with van der Waals surface area (Å²) in [6.07, 6.45) is 0.717. The first-order chi connectivity index (χ1) is 9.85. The van der Waals surface area contributed by atoms with Gasteiger partial charge in [0.05, 0.1) is 11.1 Å². The van der Waals surface area contributed by atoms with Gasteiger partial charge in [0.2, 0.25) is 0 Å². The van der Waals surface area contributed by atoms with Gasteiger partial charge in [-0.25, -0.2) is 4.79 Å². The average molecular weight is 356 g/mol. The van der Waals surface area contributed by atoms with Crippen molar-refractivity contribution in [3.8, 4) is 5.75 Å². The van der Waals surface area contributed by atoms with Gasteiger partial charge in [0, 0.05) is 19.0 Å². The lowest BCUT2D eigenvalue weighted by Crippen LogP contribution is -2.35. The molecule has 1 saturated heterocycles. The lowest BCUT2D eigenvalue weighted by atomic mass is 10.1. The summed E-state index contributed by atoms with van der Waals surface area (Å²) in [6.45, 7) is 7.69. The fraction of sp³-hybridized carbons (Fsp3) is 0.562. The van der Waals surface area contributed by atoms with Crippen LogP contribution in [0, 0.1) is 5.92 Å². The van der Waals surface area contributed by atoms with Gasteiger partial charge >= 0.3 is 6.09 Å². The highest BCUT2D eigenvalue weighted by Crippen LogP contribution is 2.26. The van der Waals surface area contributed by atoms with Crippen LogP contribution in [0.4, 0.5) is 4.79 Å². The van der Waals surface area contributed by atoms with Crippen molar-refractivity contribution in [2.24, 2.45) is 5.92 Å². The molecule has 0 radical (unpaired) electrons. The second-order valence-corrected chi connectivity index (χ2v) is 7.18. The molecule has 1 atom stereocenters. The van der Waals surface area contributed by atoms with Crippen molar-refractivity contribution in [1.29, 1.82) is 0 Å². The molecule has 1 amide bonds. The molecule has 1 aliphatic heterocycles. The van der Waals surface area contributed by atoms with E-state index < -0.39 is 5.60 Å². The van der Waals surface area contributed by atoms with Crippen LogP contribution in [0.5, 0.6) is 5.75 Å². The van der Waals surface area contributed by atoms with E-state index in [9.17, 15) is 4.79 Å². The molecular formula is C16H22BrNO3. The lowest BCUT2D eigenvalue weighted by Gasteiger charge is -2.24. The maximum Gasteiger partial charge on any atom is 0.410 e. The SMILES string of the molecule is CC(C)(C)OC(=O)N1CCC(COc2ccccc2Br)C1. The van der Waals surface area contributed by atoms with E-state index in [0.717, 1.165) is 23.2 Å². The Morgan fingerprint density at radius 3 is 2.76 bits per heavy atom. The number of para-hydroxylation sites is 1. The molecule has 1 aromatic carbocycles. The molecule has 1 aromatic rings. The van der Waals surface area contributed by atoms with Crippen molar-refractivity contribution in [3.63, 3.8) is 0 Å². The van der Waals surface area contributed by atoms with Gasteiger partial charge in [0.25, 0.3) is 0 Å². The number of ether oxygens (including phenoxy) is 2. The predicted octanol–water partition coefficient (Wildman–Crippen LogP) is 4.08. The van der Waals surface area contributed by atoms with Crippen LogP contribution in [0.2, 0.25) is 0 Å². The number of hydrogen-bond acceptors (Lipinski definition) is 3. The molecule has 0 N–H and O–H groups in total. The zero-order chi connectivity index (χ0) is 15.5. The molecule has 0 saturated carbocycles. The normalized spacial score (nSPS) is 18.7. The molecule has 0 aromatic heterocycles. The number of amides is 1. The standard InChI is InChI=1S/C16H22BrNO3/c1-16(2,3)21-15(19)18-9-8-12(10-18)11-20-14-7-5-4-6-13(14)17/h4-7,12H,8-11H2,1-3H3. The third-order valence-corrected chi connectivity index (χ3v) is 3.90. The summed E-state index contributed by atoms with van der Waals surface area (Å²) < 4.78 is 12.2. The summed E-state index contributed by atoms with van der Waals surface area (Å²) >= 11 is 3.46. The third kappa shape index (κ3) is 4.92. The van der Waals surface area contributed by atoms with Gasteiger partial charge in [0.1, 0.15) is 11.4 Å².